The van der Waals surface area contributed by atoms with Gasteiger partial charge in [-0.2, -0.15) is 0 Å². The predicted molar refractivity (Wildman–Crippen MR) is 306 cm³/mol. The van der Waals surface area contributed by atoms with Gasteiger partial charge >= 0.3 is 29.3 Å². The molecule has 0 spiro atoms. The first-order chi connectivity index (χ1) is 46.9. The second kappa shape index (κ2) is 40.5. The molecule has 8 rings (SSSR count). The first kappa shape index (κ1) is 82.6. The minimum atomic E-state index is -2.18. The van der Waals surface area contributed by atoms with E-state index < -0.39 is 259 Å². The van der Waals surface area contributed by atoms with Gasteiger partial charge < -0.3 is 153 Å². The van der Waals surface area contributed by atoms with Crippen molar-refractivity contribution in [3.63, 3.8) is 0 Å². The molecule has 6 aliphatic heterocycles. The number of aliphatic hydroxyl groups is 17. The van der Waals surface area contributed by atoms with Gasteiger partial charge in [-0.1, -0.05) is 36.4 Å². The maximum atomic E-state index is 13.6. The Morgan fingerprint density at radius 3 is 1.18 bits per heavy atom. The molecule has 98 heavy (non-hydrogen) atoms. The summed E-state index contributed by atoms with van der Waals surface area (Å²) >= 11 is 0. The van der Waals surface area contributed by atoms with Crippen molar-refractivity contribution in [2.75, 3.05) is 46.2 Å². The van der Waals surface area contributed by atoms with E-state index in [4.69, 9.17) is 91.8 Å². The lowest BCUT2D eigenvalue weighted by atomic mass is 9.96. The summed E-state index contributed by atoms with van der Waals surface area (Å²) in [5.74, 6) is 2.43. The molecule has 6 saturated heterocycles. The van der Waals surface area contributed by atoms with Crippen LogP contribution < -0.4 is 11.3 Å². The number of ether oxygens (including phenoxy) is 14. The smallest absolute Gasteiger partial charge is 0.358 e. The first-order valence-electron chi connectivity index (χ1n) is 29.7. The largest absolute Gasteiger partial charge is 0.450 e. The molecule has 12 unspecified atom stereocenters. The third-order valence-corrected chi connectivity index (χ3v) is 16.0. The summed E-state index contributed by atoms with van der Waals surface area (Å²) in [5, 5.41) is 200. The summed E-state index contributed by atoms with van der Waals surface area (Å²) in [5.41, 5.74) is 1.82. The van der Waals surface area contributed by atoms with Crippen LogP contribution >= 0.6 is 17.4 Å². The number of carbonyl (C=O) groups excluding carboxylic acids is 3. The van der Waals surface area contributed by atoms with Crippen LogP contribution in [0, 0.1) is 0 Å². The molecule has 42 nitrogen and oxygen atoms in total. The zero-order valence-corrected chi connectivity index (χ0v) is 52.8. The van der Waals surface area contributed by atoms with Crippen molar-refractivity contribution in [3.05, 3.63) is 71.8 Å². The third-order valence-electron chi connectivity index (χ3n) is 15.9. The molecule has 30 atom stereocenters. The van der Waals surface area contributed by atoms with Gasteiger partial charge in [0.25, 0.3) is 0 Å². The number of nitrogens with two attached hydrogens (primary N) is 1. The Kier molecular flexibility index (Phi) is 34.2. The molecule has 6 heterocycles. The lowest BCUT2D eigenvalue weighted by Gasteiger charge is -2.49. The summed E-state index contributed by atoms with van der Waals surface area (Å²) in [6.45, 7) is -6.04. The Balaban J connectivity index is 0.00000179. The maximum absolute atomic E-state index is 13.6. The molecular formula is C54H80N2O40P2. The van der Waals surface area contributed by atoms with Crippen molar-refractivity contribution in [1.29, 1.82) is 0 Å². The summed E-state index contributed by atoms with van der Waals surface area (Å²) in [6.07, 6.45) is -59.0. The topological polar surface area (TPSA) is 655 Å². The van der Waals surface area contributed by atoms with Gasteiger partial charge in [0.1, 0.15) is 134 Å². The molecule has 22 N–H and O–H groups in total. The van der Waals surface area contributed by atoms with E-state index in [-0.39, 0.29) is 30.6 Å². The van der Waals surface area contributed by atoms with Crippen LogP contribution in [0.25, 0.3) is 0 Å². The van der Waals surface area contributed by atoms with Crippen molar-refractivity contribution >= 4 is 35.2 Å². The van der Waals surface area contributed by atoms with Crippen LogP contribution in [0.2, 0.25) is 0 Å². The molecule has 556 valence electrons. The fourth-order valence-corrected chi connectivity index (χ4v) is 10.6. The number of carbonyl (C=O) groups is 3. The molecule has 44 heteroatoms. The fourth-order valence-electron chi connectivity index (χ4n) is 10.6. The van der Waals surface area contributed by atoms with E-state index in [0.29, 0.717) is 0 Å². The second-order valence-electron chi connectivity index (χ2n) is 22.2. The van der Waals surface area contributed by atoms with Gasteiger partial charge in [-0.15, -0.1) is 9.35 Å². The molecule has 0 aliphatic carbocycles. The quantitative estimate of drug-likeness (QED) is 0.00751. The minimum absolute atomic E-state index is 0.0440. The van der Waals surface area contributed by atoms with Gasteiger partial charge in [0, 0.05) is 6.42 Å². The molecule has 0 radical (unpaired) electrons. The number of hydrogen-bond donors (Lipinski definition) is 21. The summed E-state index contributed by atoms with van der Waals surface area (Å²) in [6, 6.07) is 14.5. The highest BCUT2D eigenvalue weighted by Gasteiger charge is 2.57. The summed E-state index contributed by atoms with van der Waals surface area (Å²) in [4.78, 5) is 39.0. The second-order valence-corrected chi connectivity index (χ2v) is 22.8. The lowest BCUT2D eigenvalue weighted by molar-refractivity contribution is -0.390. The van der Waals surface area contributed by atoms with Gasteiger partial charge in [-0.3, -0.25) is 10.2 Å². The van der Waals surface area contributed by atoms with Crippen molar-refractivity contribution < 1.29 is 197 Å². The van der Waals surface area contributed by atoms with E-state index in [0.717, 1.165) is 0 Å². The van der Waals surface area contributed by atoms with Crippen molar-refractivity contribution in [3.8, 4) is 0 Å². The number of nitrogens with one attached hydrogen (secondary N) is 1. The number of hydrogen-bond acceptors (Lipinski definition) is 41. The Hall–Kier alpha value is -4.31. The number of hydrazine groups is 1. The number of esters is 2. The lowest BCUT2D eigenvalue weighted by Crippen LogP contribution is -2.67. The highest BCUT2D eigenvalue weighted by molar-refractivity contribution is 7.17. The standard InChI is InChI=1S/C54H78N2O34.2HO3P/c55-56-28(61)12-7-13-77-49-41(74)42(88-54-46(38(71)32(65)25(17-60)83-54)90-53-45(37(70)31(64)24(16-59)82-53)87-48(76)21-10-5-2-6-11-21)34(67)27(84-49)19-79-51-43(86-47(75)20-8-3-1-4-9-20)39(72)33(66)26(85-51)18-78-52-44(36(69)30(63)23(15-58)81-52)89-50-40(73)35(68)29(62)22(14-57)80-50;2*1-3-4-2/h1-6,8-11,22-27,29-46,49-54,57-60,62-74H,7,12-19,55H2,(H,56,61);2*1H/t22?,23?,24?,25?,26?,27?,29-,30-,31-,32-,33-,34-,35+,36+,37+,38+,39+,40?,41?,42+,43?,44?,45?,46?,49-,50-,51+,52+,53-,54-;;/m1../s1. The Labute approximate surface area is 556 Å². The SMILES string of the molecule is NNC(=O)CCCO[C@@H]1OC(CO[C@H]2OC(CO[C@H]3OC(CO)[C@@H](O)[C@H](O)C3O[C@H]3OC(CO)[C@@H](O)[C@H](O)C3O)[C@@H](O)[C@H](O)C2OC(=O)c2ccccc2)[C@@H](O)[C@H](O[C@H]2OC(CO)[C@@H](O)[C@H](O)C2O[C@H]2OC(CO)[C@@H](O)[C@H](O)C2OC(=O)c2ccccc2)C1O.O=POO.O=POO. The molecule has 2 aromatic rings. The van der Waals surface area contributed by atoms with Crippen molar-refractivity contribution in [2.24, 2.45) is 5.84 Å². The van der Waals surface area contributed by atoms with Gasteiger partial charge in [0.2, 0.25) is 5.91 Å². The van der Waals surface area contributed by atoms with Crippen LogP contribution in [-0.4, -0.2) is 346 Å². The summed E-state index contributed by atoms with van der Waals surface area (Å²) < 4.78 is 105. The molecule has 0 bridgehead atoms. The number of amides is 1. The molecule has 0 aromatic heterocycles. The Morgan fingerprint density at radius 1 is 0.398 bits per heavy atom. The minimum Gasteiger partial charge on any atom is -0.450 e. The van der Waals surface area contributed by atoms with Crippen molar-refractivity contribution in [1.82, 2.24) is 5.43 Å². The Morgan fingerprint density at radius 2 is 0.735 bits per heavy atom. The molecule has 0 saturated carbocycles. The molecule has 1 amide bonds. The van der Waals surface area contributed by atoms with E-state index in [1.807, 2.05) is 5.43 Å². The van der Waals surface area contributed by atoms with Gasteiger partial charge in [0.15, 0.2) is 49.9 Å². The average molecular weight is 1460 g/mol. The molecule has 6 aliphatic rings. The zero-order valence-electron chi connectivity index (χ0n) is 51.0. The molecule has 2 aromatic carbocycles. The van der Waals surface area contributed by atoms with Crippen LogP contribution in [0.4, 0.5) is 0 Å². The van der Waals surface area contributed by atoms with Crippen LogP contribution in [0.3, 0.4) is 0 Å². The molecular weight excluding hydrogens is 1380 g/mol. The van der Waals surface area contributed by atoms with E-state index in [2.05, 4.69) is 9.35 Å². The number of benzene rings is 2. The predicted octanol–water partition coefficient (Wildman–Crippen LogP) is -9.21. The van der Waals surface area contributed by atoms with E-state index in [1.54, 1.807) is 12.1 Å². The maximum Gasteiger partial charge on any atom is 0.358 e. The van der Waals surface area contributed by atoms with Gasteiger partial charge in [-0.05, 0) is 30.7 Å². The first-order valence-corrected chi connectivity index (χ1v) is 31.1. The van der Waals surface area contributed by atoms with Crippen LogP contribution in [-0.2, 0) is 89.6 Å². The van der Waals surface area contributed by atoms with E-state index in [1.165, 1.54) is 48.5 Å². The van der Waals surface area contributed by atoms with Gasteiger partial charge in [-0.25, -0.2) is 35.1 Å². The van der Waals surface area contributed by atoms with Crippen LogP contribution in [0.1, 0.15) is 33.6 Å². The van der Waals surface area contributed by atoms with Gasteiger partial charge in [0.05, 0.1) is 57.4 Å². The normalized spacial score (nSPS) is 39.6. The fraction of sp³-hybridized carbons (Fsp3) is 0.722. The zero-order chi connectivity index (χ0) is 72.1. The highest BCUT2D eigenvalue weighted by atomic mass is 31.1. The van der Waals surface area contributed by atoms with Crippen LogP contribution in [0.15, 0.2) is 60.7 Å². The molecule has 6 fully saturated rings. The highest BCUT2D eigenvalue weighted by Crippen LogP contribution is 2.37. The third kappa shape index (κ3) is 21.2. The monoisotopic (exact) mass is 1460 g/mol. The van der Waals surface area contributed by atoms with E-state index in [9.17, 15) is 101 Å². The van der Waals surface area contributed by atoms with E-state index >= 15 is 0 Å². The number of rotatable bonds is 27. The average Bonchev–Trinajstić information content (AvgIpc) is 0.782. The van der Waals surface area contributed by atoms with Crippen LogP contribution in [0.5, 0.6) is 0 Å². The summed E-state index contributed by atoms with van der Waals surface area (Å²) in [7, 11) is -1.39. The van der Waals surface area contributed by atoms with Crippen molar-refractivity contribution in [2.45, 2.75) is 197 Å². The number of aliphatic hydroxyl groups excluding tert-OH is 17. The Bertz CT molecular complexity index is 2690.